The van der Waals surface area contributed by atoms with Crippen molar-refractivity contribution in [3.05, 3.63) is 52.9 Å². The number of hydrogen-bond donors (Lipinski definition) is 1. The van der Waals surface area contributed by atoms with Crippen LogP contribution in [0.15, 0.2) is 36.7 Å². The van der Waals surface area contributed by atoms with E-state index in [1.165, 1.54) is 12.3 Å². The third-order valence-corrected chi connectivity index (χ3v) is 7.75. The molecule has 0 spiro atoms. The van der Waals surface area contributed by atoms with Crippen LogP contribution < -0.4 is 14.7 Å². The van der Waals surface area contributed by atoms with Gasteiger partial charge in [-0.1, -0.05) is 25.4 Å². The molecule has 2 saturated heterocycles. The van der Waals surface area contributed by atoms with Crippen molar-refractivity contribution >= 4 is 35.2 Å². The number of carboxylic acid groups (broad SMARTS) is 1. The molecular formula is C28H34ClN7O2. The maximum absolute atomic E-state index is 11.3. The molecule has 0 amide bonds. The van der Waals surface area contributed by atoms with Crippen molar-refractivity contribution in [2.45, 2.75) is 58.5 Å². The minimum Gasteiger partial charge on any atom is -0.478 e. The van der Waals surface area contributed by atoms with Crippen LogP contribution in [0, 0.1) is 0 Å². The Labute approximate surface area is 228 Å². The predicted molar refractivity (Wildman–Crippen MR) is 151 cm³/mol. The van der Waals surface area contributed by atoms with Crippen molar-refractivity contribution in [1.29, 1.82) is 0 Å². The van der Waals surface area contributed by atoms with Crippen LogP contribution >= 0.6 is 11.6 Å². The van der Waals surface area contributed by atoms with E-state index >= 15 is 0 Å². The van der Waals surface area contributed by atoms with Crippen LogP contribution in [0.4, 0.5) is 17.6 Å². The largest absolute Gasteiger partial charge is 0.478 e. The predicted octanol–water partition coefficient (Wildman–Crippen LogP) is 5.11. The Balaban J connectivity index is 1.46. The molecule has 1 unspecified atom stereocenters. The molecule has 3 aromatic rings. The Kier molecular flexibility index (Phi) is 7.38. The molecule has 0 bridgehead atoms. The Morgan fingerprint density at radius 2 is 1.87 bits per heavy atom. The van der Waals surface area contributed by atoms with Gasteiger partial charge in [0.2, 0.25) is 5.95 Å². The fraction of sp³-hybridized carbons (Fsp3) is 0.464. The van der Waals surface area contributed by atoms with Crippen molar-refractivity contribution in [1.82, 2.24) is 19.9 Å². The van der Waals surface area contributed by atoms with Crippen LogP contribution in [0.5, 0.6) is 0 Å². The molecule has 3 aromatic heterocycles. The Bertz CT molecular complexity index is 1330. The van der Waals surface area contributed by atoms with E-state index < -0.39 is 5.97 Å². The second-order valence-corrected chi connectivity index (χ2v) is 11.0. The minimum atomic E-state index is -1.04. The van der Waals surface area contributed by atoms with Gasteiger partial charge in [0.1, 0.15) is 11.6 Å². The van der Waals surface area contributed by atoms with Crippen LogP contribution in [-0.4, -0.2) is 69.3 Å². The second-order valence-electron chi connectivity index (χ2n) is 10.5. The Morgan fingerprint density at radius 3 is 2.53 bits per heavy atom. The van der Waals surface area contributed by atoms with Crippen LogP contribution in [0.25, 0.3) is 11.3 Å². The smallest absolute Gasteiger partial charge is 0.337 e. The zero-order chi connectivity index (χ0) is 27.0. The molecule has 2 atom stereocenters. The summed E-state index contributed by atoms with van der Waals surface area (Å²) in [4.78, 5) is 37.0. The molecule has 1 N–H and O–H groups in total. The van der Waals surface area contributed by atoms with Crippen LogP contribution in [0.2, 0.25) is 5.02 Å². The number of piperazine rings is 1. The number of carbonyl (C=O) groups is 1. The van der Waals surface area contributed by atoms with Gasteiger partial charge in [-0.2, -0.15) is 4.98 Å². The number of aromatic carboxylic acids is 1. The van der Waals surface area contributed by atoms with Gasteiger partial charge in [0.25, 0.3) is 0 Å². The van der Waals surface area contributed by atoms with Gasteiger partial charge in [0.05, 0.1) is 16.3 Å². The molecule has 9 nitrogen and oxygen atoms in total. The van der Waals surface area contributed by atoms with E-state index in [4.69, 9.17) is 21.6 Å². The van der Waals surface area contributed by atoms with Gasteiger partial charge in [0, 0.05) is 68.0 Å². The normalized spacial score (nSPS) is 19.9. The molecule has 0 aliphatic carbocycles. The molecule has 0 saturated carbocycles. The SMILES string of the molecule is CC(C)c1cc(-c2cc(N3CCN(c4ncc(C(=O)O)cc4Cl)C[C@H]3C)nc(N3CCCC3C)n2)ccn1. The number of anilines is 3. The first-order chi connectivity index (χ1) is 18.2. The van der Waals surface area contributed by atoms with E-state index in [0.29, 0.717) is 35.9 Å². The van der Waals surface area contributed by atoms with Gasteiger partial charge in [-0.05, 0) is 50.8 Å². The van der Waals surface area contributed by atoms with E-state index in [1.54, 1.807) is 0 Å². The van der Waals surface area contributed by atoms with Crippen molar-refractivity contribution in [2.75, 3.05) is 40.9 Å². The summed E-state index contributed by atoms with van der Waals surface area (Å²) in [5, 5.41) is 9.59. The summed E-state index contributed by atoms with van der Waals surface area (Å²) in [7, 11) is 0. The lowest BCUT2D eigenvalue weighted by Gasteiger charge is -2.41. The summed E-state index contributed by atoms with van der Waals surface area (Å²) in [5.41, 5.74) is 3.07. The molecule has 5 rings (SSSR count). The van der Waals surface area contributed by atoms with Crippen molar-refractivity contribution in [3.63, 3.8) is 0 Å². The molecule has 38 heavy (non-hydrogen) atoms. The molecule has 0 aromatic carbocycles. The van der Waals surface area contributed by atoms with Crippen LogP contribution in [0.3, 0.4) is 0 Å². The van der Waals surface area contributed by atoms with E-state index in [-0.39, 0.29) is 11.6 Å². The van der Waals surface area contributed by atoms with E-state index in [2.05, 4.69) is 64.5 Å². The average molecular weight is 536 g/mol. The zero-order valence-electron chi connectivity index (χ0n) is 22.3. The summed E-state index contributed by atoms with van der Waals surface area (Å²) >= 11 is 6.43. The van der Waals surface area contributed by atoms with Crippen molar-refractivity contribution < 1.29 is 9.90 Å². The standard InChI is InChI=1S/C28H34ClN7O2/c1-17(2)23-13-20(7-8-30-23)24-14-25(33-28(32-24)36-9-5-6-18(36)3)35-11-10-34(16-19(35)4)26-22(29)12-21(15-31-26)27(37)38/h7-8,12-15,17-19H,5-6,9-11,16H2,1-4H3,(H,37,38)/t18?,19-/m1/s1. The molecular weight excluding hydrogens is 502 g/mol. The summed E-state index contributed by atoms with van der Waals surface area (Å²) in [6.45, 7) is 11.7. The lowest BCUT2D eigenvalue weighted by Crippen LogP contribution is -2.52. The fourth-order valence-corrected chi connectivity index (χ4v) is 5.56. The number of rotatable bonds is 6. The van der Waals surface area contributed by atoms with E-state index in [9.17, 15) is 9.90 Å². The van der Waals surface area contributed by atoms with Gasteiger partial charge in [-0.15, -0.1) is 0 Å². The van der Waals surface area contributed by atoms with Gasteiger partial charge in [-0.3, -0.25) is 4.98 Å². The zero-order valence-corrected chi connectivity index (χ0v) is 23.1. The maximum Gasteiger partial charge on any atom is 0.337 e. The molecule has 10 heteroatoms. The monoisotopic (exact) mass is 535 g/mol. The molecule has 2 aliphatic rings. The third kappa shape index (κ3) is 5.25. The highest BCUT2D eigenvalue weighted by molar-refractivity contribution is 6.33. The van der Waals surface area contributed by atoms with Crippen molar-refractivity contribution in [2.24, 2.45) is 0 Å². The van der Waals surface area contributed by atoms with Crippen molar-refractivity contribution in [3.8, 4) is 11.3 Å². The summed E-state index contributed by atoms with van der Waals surface area (Å²) in [6, 6.07) is 8.22. The molecule has 2 aliphatic heterocycles. The third-order valence-electron chi connectivity index (χ3n) is 7.47. The highest BCUT2D eigenvalue weighted by Gasteiger charge is 2.30. The molecule has 5 heterocycles. The minimum absolute atomic E-state index is 0.0827. The Hall–Kier alpha value is -3.46. The first-order valence-electron chi connectivity index (χ1n) is 13.2. The number of nitrogens with zero attached hydrogens (tertiary/aromatic N) is 7. The molecule has 2 fully saturated rings. The maximum atomic E-state index is 11.3. The number of halogens is 1. The Morgan fingerprint density at radius 1 is 1.05 bits per heavy atom. The number of aromatic nitrogens is 4. The second kappa shape index (κ2) is 10.7. The number of pyridine rings is 2. The number of hydrogen-bond acceptors (Lipinski definition) is 8. The summed E-state index contributed by atoms with van der Waals surface area (Å²) in [6.07, 6.45) is 5.50. The first-order valence-corrected chi connectivity index (χ1v) is 13.6. The highest BCUT2D eigenvalue weighted by Crippen LogP contribution is 2.32. The van der Waals surface area contributed by atoms with Gasteiger partial charge in [0.15, 0.2) is 0 Å². The van der Waals surface area contributed by atoms with E-state index in [1.807, 2.05) is 12.3 Å². The lowest BCUT2D eigenvalue weighted by atomic mass is 10.1. The quantitative estimate of drug-likeness (QED) is 0.461. The fourth-order valence-electron chi connectivity index (χ4n) is 5.27. The molecule has 200 valence electrons. The summed E-state index contributed by atoms with van der Waals surface area (Å²) < 4.78 is 0. The first kappa shape index (κ1) is 26.2. The lowest BCUT2D eigenvalue weighted by molar-refractivity contribution is 0.0696. The topological polar surface area (TPSA) is 98.6 Å². The van der Waals surface area contributed by atoms with Crippen LogP contribution in [-0.2, 0) is 0 Å². The summed E-state index contributed by atoms with van der Waals surface area (Å²) in [5.74, 6) is 1.57. The highest BCUT2D eigenvalue weighted by atomic mass is 35.5. The van der Waals surface area contributed by atoms with E-state index in [0.717, 1.165) is 54.6 Å². The molecule has 0 radical (unpaired) electrons. The van der Waals surface area contributed by atoms with Gasteiger partial charge < -0.3 is 19.8 Å². The average Bonchev–Trinajstić information content (AvgIpc) is 3.34. The van der Waals surface area contributed by atoms with Gasteiger partial charge >= 0.3 is 5.97 Å². The van der Waals surface area contributed by atoms with Gasteiger partial charge in [-0.25, -0.2) is 14.8 Å². The number of carboxylic acids is 1. The van der Waals surface area contributed by atoms with Crippen LogP contribution in [0.1, 0.15) is 62.5 Å².